The van der Waals surface area contributed by atoms with Crippen LogP contribution in [0.5, 0.6) is 5.75 Å². The number of aromatic nitrogens is 3. The molecule has 0 saturated carbocycles. The molecule has 10 heteroatoms. The van der Waals surface area contributed by atoms with Gasteiger partial charge in [0, 0.05) is 23.7 Å². The van der Waals surface area contributed by atoms with E-state index >= 15 is 0 Å². The van der Waals surface area contributed by atoms with Gasteiger partial charge in [-0.2, -0.15) is 5.10 Å². The quantitative estimate of drug-likeness (QED) is 0.294. The molecular weight excluding hydrogens is 463 g/mol. The summed E-state index contributed by atoms with van der Waals surface area (Å²) in [5.41, 5.74) is 9.77. The smallest absolute Gasteiger partial charge is 0.255 e. The highest BCUT2D eigenvalue weighted by Crippen LogP contribution is 2.35. The Hall–Kier alpha value is -4.18. The van der Waals surface area contributed by atoms with Crippen LogP contribution in [0.15, 0.2) is 42.6 Å². The maximum absolute atomic E-state index is 13.7. The zero-order valence-corrected chi connectivity index (χ0v) is 19.8. The Labute approximate surface area is 206 Å². The molecular formula is C26H27FN6O3. The minimum atomic E-state index is -0.522. The Morgan fingerprint density at radius 1 is 1.28 bits per heavy atom. The molecule has 0 unspecified atom stereocenters. The highest BCUT2D eigenvalue weighted by molar-refractivity contribution is 6.02. The number of rotatable bonds is 7. The van der Waals surface area contributed by atoms with E-state index in [0.717, 1.165) is 60.3 Å². The number of carbonyl (C=O) groups excluding carboxylic acids is 2. The number of carbonyl (C=O) groups is 2. The fourth-order valence-corrected chi connectivity index (χ4v) is 4.80. The molecule has 3 heterocycles. The molecule has 2 aromatic heterocycles. The third-order valence-electron chi connectivity index (χ3n) is 6.67. The lowest BCUT2D eigenvalue weighted by molar-refractivity contribution is 0.0947. The van der Waals surface area contributed by atoms with Gasteiger partial charge in [-0.3, -0.25) is 9.59 Å². The Morgan fingerprint density at radius 2 is 2.08 bits per heavy atom. The molecule has 4 aromatic rings. The molecule has 5 N–H and O–H groups in total. The molecule has 36 heavy (non-hydrogen) atoms. The summed E-state index contributed by atoms with van der Waals surface area (Å²) in [6.07, 6.45) is 4.33. The molecule has 1 fully saturated rings. The van der Waals surface area contributed by atoms with Crippen molar-refractivity contribution < 1.29 is 18.7 Å². The maximum Gasteiger partial charge on any atom is 0.255 e. The van der Waals surface area contributed by atoms with Crippen LogP contribution in [0.4, 0.5) is 10.2 Å². The van der Waals surface area contributed by atoms with E-state index in [4.69, 9.17) is 15.6 Å². The summed E-state index contributed by atoms with van der Waals surface area (Å²) >= 11 is 0. The monoisotopic (exact) mass is 490 g/mol. The predicted octanol–water partition coefficient (Wildman–Crippen LogP) is 3.43. The number of nitrogens with zero attached hydrogens (tertiary/aromatic N) is 2. The minimum absolute atomic E-state index is 0.117. The molecule has 0 radical (unpaired) electrons. The number of anilines is 1. The first kappa shape index (κ1) is 23.6. The van der Waals surface area contributed by atoms with Crippen molar-refractivity contribution in [2.45, 2.75) is 25.4 Å². The van der Waals surface area contributed by atoms with Gasteiger partial charge in [-0.25, -0.2) is 9.07 Å². The third kappa shape index (κ3) is 4.20. The van der Waals surface area contributed by atoms with E-state index in [2.05, 4.69) is 15.6 Å². The highest BCUT2D eigenvalue weighted by atomic mass is 19.1. The van der Waals surface area contributed by atoms with Crippen molar-refractivity contribution in [2.75, 3.05) is 25.9 Å². The fourth-order valence-electron chi connectivity index (χ4n) is 4.80. The lowest BCUT2D eigenvalue weighted by Crippen LogP contribution is -2.30. The Morgan fingerprint density at radius 3 is 2.83 bits per heavy atom. The summed E-state index contributed by atoms with van der Waals surface area (Å²) in [6, 6.07) is 9.58. The number of ether oxygens (including phenoxy) is 1. The van der Waals surface area contributed by atoms with Crippen LogP contribution < -0.4 is 21.1 Å². The molecule has 1 aliphatic rings. The van der Waals surface area contributed by atoms with Gasteiger partial charge in [-0.1, -0.05) is 12.1 Å². The van der Waals surface area contributed by atoms with Crippen LogP contribution in [0.3, 0.4) is 0 Å². The number of nitrogens with one attached hydrogen (secondary N) is 3. The standard InChI is InChI=1S/C26H27FN6O3/c1-36-22-5-3-16(27)12-20(22)26(35)31-13-15-2-4-18(19-8-11-30-23(15)19)24-21(14-34)25(28)33(32-24)17-6-9-29-10-7-17/h2-5,8,11-12,14,17,29-30H,6-7,9-10,13,28H2,1H3,(H,31,35). The molecule has 5 rings (SSSR count). The Bertz CT molecular complexity index is 1440. The highest BCUT2D eigenvalue weighted by Gasteiger charge is 2.25. The van der Waals surface area contributed by atoms with Gasteiger partial charge < -0.3 is 26.1 Å². The van der Waals surface area contributed by atoms with Crippen LogP contribution >= 0.6 is 0 Å². The van der Waals surface area contributed by atoms with E-state index in [1.54, 1.807) is 10.9 Å². The number of methoxy groups -OCH3 is 1. The average molecular weight is 491 g/mol. The number of halogens is 1. The lowest BCUT2D eigenvalue weighted by atomic mass is 10.0. The third-order valence-corrected chi connectivity index (χ3v) is 6.67. The van der Waals surface area contributed by atoms with Gasteiger partial charge in [0.05, 0.1) is 29.8 Å². The topological polar surface area (TPSA) is 127 Å². The van der Waals surface area contributed by atoms with Crippen LogP contribution in [0.25, 0.3) is 22.2 Å². The van der Waals surface area contributed by atoms with E-state index in [0.29, 0.717) is 17.1 Å². The zero-order valence-electron chi connectivity index (χ0n) is 19.8. The number of hydrogen-bond donors (Lipinski definition) is 4. The van der Waals surface area contributed by atoms with E-state index in [1.165, 1.54) is 19.2 Å². The van der Waals surface area contributed by atoms with Gasteiger partial charge in [0.1, 0.15) is 23.1 Å². The summed E-state index contributed by atoms with van der Waals surface area (Å²) < 4.78 is 20.7. The summed E-state index contributed by atoms with van der Waals surface area (Å²) in [7, 11) is 1.43. The van der Waals surface area contributed by atoms with Crippen LogP contribution in [0.1, 0.15) is 45.2 Å². The first-order chi connectivity index (χ1) is 17.5. The van der Waals surface area contributed by atoms with Crippen molar-refractivity contribution >= 4 is 28.9 Å². The number of amides is 1. The Kier molecular flexibility index (Phi) is 6.43. The van der Waals surface area contributed by atoms with E-state index < -0.39 is 11.7 Å². The number of H-pyrrole nitrogens is 1. The number of fused-ring (bicyclic) bond motifs is 1. The van der Waals surface area contributed by atoms with Gasteiger partial charge >= 0.3 is 0 Å². The summed E-state index contributed by atoms with van der Waals surface area (Å²) in [5, 5.41) is 11.8. The molecule has 9 nitrogen and oxygen atoms in total. The summed E-state index contributed by atoms with van der Waals surface area (Å²) in [5.74, 6) is -0.313. The van der Waals surface area contributed by atoms with Gasteiger partial charge in [-0.05, 0) is 55.8 Å². The van der Waals surface area contributed by atoms with Gasteiger partial charge in [0.15, 0.2) is 6.29 Å². The molecule has 186 valence electrons. The number of piperidine rings is 1. The molecule has 1 saturated heterocycles. The summed E-state index contributed by atoms with van der Waals surface area (Å²) in [4.78, 5) is 28.0. The molecule has 0 aliphatic carbocycles. The van der Waals surface area contributed by atoms with E-state index in [1.807, 2.05) is 18.2 Å². The number of nitrogens with two attached hydrogens (primary N) is 1. The first-order valence-corrected chi connectivity index (χ1v) is 11.8. The number of benzene rings is 2. The second kappa shape index (κ2) is 9.82. The van der Waals surface area contributed by atoms with Crippen LogP contribution in [0, 0.1) is 5.82 Å². The number of hydrogen-bond acceptors (Lipinski definition) is 6. The van der Waals surface area contributed by atoms with Gasteiger partial charge in [0.25, 0.3) is 5.91 Å². The van der Waals surface area contributed by atoms with E-state index in [9.17, 15) is 14.0 Å². The molecule has 1 amide bonds. The number of aldehydes is 1. The predicted molar refractivity (Wildman–Crippen MR) is 135 cm³/mol. The van der Waals surface area contributed by atoms with Crippen molar-refractivity contribution in [2.24, 2.45) is 0 Å². The molecule has 0 atom stereocenters. The summed E-state index contributed by atoms with van der Waals surface area (Å²) in [6.45, 7) is 1.95. The maximum atomic E-state index is 13.7. The Balaban J connectivity index is 1.46. The second-order valence-corrected chi connectivity index (χ2v) is 8.76. The van der Waals surface area contributed by atoms with Crippen molar-refractivity contribution in [3.63, 3.8) is 0 Å². The first-order valence-electron chi connectivity index (χ1n) is 11.8. The van der Waals surface area contributed by atoms with E-state index in [-0.39, 0.29) is 23.9 Å². The normalized spacial score (nSPS) is 14.2. The molecule has 0 spiro atoms. The minimum Gasteiger partial charge on any atom is -0.496 e. The molecule has 1 aliphatic heterocycles. The fraction of sp³-hybridized carbons (Fsp3) is 0.269. The van der Waals surface area contributed by atoms with Crippen molar-refractivity contribution in [3.05, 3.63) is 65.1 Å². The number of nitrogen functional groups attached to an aromatic ring is 1. The van der Waals surface area contributed by atoms with Gasteiger partial charge in [-0.15, -0.1) is 0 Å². The van der Waals surface area contributed by atoms with Crippen LogP contribution in [0.2, 0.25) is 0 Å². The van der Waals surface area contributed by atoms with Crippen molar-refractivity contribution in [1.29, 1.82) is 0 Å². The van der Waals surface area contributed by atoms with Crippen LogP contribution in [-0.4, -0.2) is 47.2 Å². The second-order valence-electron chi connectivity index (χ2n) is 8.76. The zero-order chi connectivity index (χ0) is 25.2. The number of aromatic amines is 1. The van der Waals surface area contributed by atoms with Crippen LogP contribution in [-0.2, 0) is 6.54 Å². The van der Waals surface area contributed by atoms with Crippen molar-refractivity contribution in [1.82, 2.24) is 25.4 Å². The largest absolute Gasteiger partial charge is 0.496 e. The lowest BCUT2D eigenvalue weighted by Gasteiger charge is -2.23. The van der Waals surface area contributed by atoms with Crippen molar-refractivity contribution in [3.8, 4) is 17.0 Å². The average Bonchev–Trinajstić information content (AvgIpc) is 3.52. The molecule has 0 bridgehead atoms. The SMILES string of the molecule is COc1ccc(F)cc1C(=O)NCc1ccc(-c2nn(C3CCNCC3)c(N)c2C=O)c2cc[nH]c12. The van der Waals surface area contributed by atoms with Gasteiger partial charge in [0.2, 0.25) is 0 Å². The molecule has 2 aromatic carbocycles.